The summed E-state index contributed by atoms with van der Waals surface area (Å²) in [5.74, 6) is -1.18. The molecule has 144 valence electrons. The number of nitro groups is 1. The number of nitro benzene ring substituents is 1. The molecule has 0 atom stereocenters. The number of esters is 1. The molecule has 9 heteroatoms. The Balaban J connectivity index is 1.90. The van der Waals surface area contributed by atoms with Crippen LogP contribution in [0.4, 0.5) is 11.4 Å². The maximum absolute atomic E-state index is 12.8. The van der Waals surface area contributed by atoms with Gasteiger partial charge in [-0.2, -0.15) is 0 Å². The summed E-state index contributed by atoms with van der Waals surface area (Å²) in [6.07, 6.45) is 0. The number of ether oxygens (including phenoxy) is 1. The second kappa shape index (κ2) is 8.30. The molecule has 0 radical (unpaired) electrons. The Morgan fingerprint density at radius 1 is 1.21 bits per heavy atom. The molecule has 1 aliphatic heterocycles. The molecule has 1 heterocycles. The van der Waals surface area contributed by atoms with Crippen LogP contribution in [0.5, 0.6) is 0 Å². The predicted molar refractivity (Wildman–Crippen MR) is 99.9 cm³/mol. The maximum Gasteiger partial charge on any atom is 0.326 e. The Hall–Kier alpha value is -3.75. The zero-order valence-electron chi connectivity index (χ0n) is 15.0. The van der Waals surface area contributed by atoms with E-state index in [1.807, 2.05) is 30.3 Å². The van der Waals surface area contributed by atoms with Crippen molar-refractivity contribution in [1.82, 2.24) is 0 Å². The number of fused-ring (bicyclic) bond motifs is 1. The number of rotatable bonds is 7. The summed E-state index contributed by atoms with van der Waals surface area (Å²) < 4.78 is 4.89. The van der Waals surface area contributed by atoms with E-state index in [0.717, 1.165) is 5.56 Å². The van der Waals surface area contributed by atoms with Crippen molar-refractivity contribution in [1.29, 1.82) is 0 Å². The standard InChI is InChI=1S/C19H17N3O6/c1-2-27-17(23)11-21-16-9-8-14(22(25)26)10-15(16)18(19(21)24)20-28-12-13-6-4-3-5-7-13/h3-10H,2,11-12H2,1H3. The number of amides is 1. The molecular weight excluding hydrogens is 366 g/mol. The first kappa shape index (κ1) is 19.0. The summed E-state index contributed by atoms with van der Waals surface area (Å²) in [6.45, 7) is 1.63. The molecule has 1 aliphatic rings. The Morgan fingerprint density at radius 2 is 1.96 bits per heavy atom. The second-order valence-electron chi connectivity index (χ2n) is 5.85. The van der Waals surface area contributed by atoms with Crippen LogP contribution < -0.4 is 4.90 Å². The molecule has 0 N–H and O–H groups in total. The molecule has 2 aromatic carbocycles. The number of benzene rings is 2. The Morgan fingerprint density at radius 3 is 2.64 bits per heavy atom. The monoisotopic (exact) mass is 383 g/mol. The van der Waals surface area contributed by atoms with E-state index in [4.69, 9.17) is 9.57 Å². The Labute approximate surface area is 160 Å². The summed E-state index contributed by atoms with van der Waals surface area (Å²) in [5, 5.41) is 15.0. The minimum Gasteiger partial charge on any atom is -0.465 e. The summed E-state index contributed by atoms with van der Waals surface area (Å²) in [6, 6.07) is 13.1. The van der Waals surface area contributed by atoms with Crippen LogP contribution in [0.25, 0.3) is 0 Å². The van der Waals surface area contributed by atoms with Crippen molar-refractivity contribution in [3.63, 3.8) is 0 Å². The van der Waals surface area contributed by atoms with E-state index < -0.39 is 16.8 Å². The lowest BCUT2D eigenvalue weighted by Gasteiger charge is -2.15. The van der Waals surface area contributed by atoms with E-state index in [0.29, 0.717) is 5.69 Å². The lowest BCUT2D eigenvalue weighted by atomic mass is 10.1. The van der Waals surface area contributed by atoms with Gasteiger partial charge in [-0.05, 0) is 18.6 Å². The van der Waals surface area contributed by atoms with E-state index in [1.165, 1.54) is 23.1 Å². The summed E-state index contributed by atoms with van der Waals surface area (Å²) >= 11 is 0. The van der Waals surface area contributed by atoms with Crippen LogP contribution in [0.1, 0.15) is 18.1 Å². The van der Waals surface area contributed by atoms with E-state index in [-0.39, 0.29) is 36.7 Å². The normalized spacial score (nSPS) is 14.1. The zero-order chi connectivity index (χ0) is 20.1. The first-order chi connectivity index (χ1) is 13.5. The van der Waals surface area contributed by atoms with Gasteiger partial charge in [-0.25, -0.2) is 0 Å². The molecule has 0 unspecified atom stereocenters. The van der Waals surface area contributed by atoms with Crippen molar-refractivity contribution in [2.24, 2.45) is 5.16 Å². The van der Waals surface area contributed by atoms with Crippen molar-refractivity contribution >= 4 is 29.0 Å². The van der Waals surface area contributed by atoms with Gasteiger partial charge in [0.25, 0.3) is 11.6 Å². The second-order valence-corrected chi connectivity index (χ2v) is 5.85. The Kier molecular flexibility index (Phi) is 5.64. The summed E-state index contributed by atoms with van der Waals surface area (Å²) in [7, 11) is 0. The van der Waals surface area contributed by atoms with Crippen LogP contribution >= 0.6 is 0 Å². The lowest BCUT2D eigenvalue weighted by Crippen LogP contribution is -2.35. The van der Waals surface area contributed by atoms with Crippen molar-refractivity contribution < 1.29 is 24.1 Å². The third-order valence-corrected chi connectivity index (χ3v) is 4.01. The highest BCUT2D eigenvalue weighted by atomic mass is 16.6. The number of hydrogen-bond acceptors (Lipinski definition) is 7. The molecule has 0 saturated carbocycles. The smallest absolute Gasteiger partial charge is 0.326 e. The molecule has 0 fully saturated rings. The van der Waals surface area contributed by atoms with Crippen molar-refractivity contribution in [2.45, 2.75) is 13.5 Å². The molecule has 0 bridgehead atoms. The SMILES string of the molecule is CCOC(=O)CN1C(=O)C(=NOCc2ccccc2)c2cc([N+](=O)[O-])ccc21. The number of hydrogen-bond donors (Lipinski definition) is 0. The molecule has 0 aromatic heterocycles. The predicted octanol–water partition coefficient (Wildman–Crippen LogP) is 2.43. The third kappa shape index (κ3) is 3.98. The van der Waals surface area contributed by atoms with Crippen molar-refractivity contribution in [2.75, 3.05) is 18.1 Å². The molecule has 2 aromatic rings. The van der Waals surface area contributed by atoms with Crippen LogP contribution in [0.3, 0.4) is 0 Å². The van der Waals surface area contributed by atoms with Gasteiger partial charge in [0.05, 0.1) is 17.2 Å². The third-order valence-electron chi connectivity index (χ3n) is 4.01. The van der Waals surface area contributed by atoms with Gasteiger partial charge in [-0.3, -0.25) is 24.6 Å². The van der Waals surface area contributed by atoms with E-state index in [1.54, 1.807) is 6.92 Å². The van der Waals surface area contributed by atoms with Gasteiger partial charge in [0, 0.05) is 17.7 Å². The van der Waals surface area contributed by atoms with Gasteiger partial charge < -0.3 is 9.57 Å². The van der Waals surface area contributed by atoms with Gasteiger partial charge in [-0.1, -0.05) is 35.5 Å². The molecule has 0 spiro atoms. The van der Waals surface area contributed by atoms with Crippen molar-refractivity contribution in [3.8, 4) is 0 Å². The molecule has 28 heavy (non-hydrogen) atoms. The highest BCUT2D eigenvalue weighted by Gasteiger charge is 2.37. The maximum atomic E-state index is 12.8. The van der Waals surface area contributed by atoms with E-state index in [9.17, 15) is 19.7 Å². The molecule has 3 rings (SSSR count). The number of carbonyl (C=O) groups is 2. The Bertz CT molecular complexity index is 942. The number of anilines is 1. The molecule has 0 aliphatic carbocycles. The lowest BCUT2D eigenvalue weighted by molar-refractivity contribution is -0.384. The van der Waals surface area contributed by atoms with Crippen LogP contribution in [0.15, 0.2) is 53.7 Å². The highest BCUT2D eigenvalue weighted by molar-refractivity contribution is 6.54. The van der Waals surface area contributed by atoms with Crippen molar-refractivity contribution in [3.05, 3.63) is 69.8 Å². The number of oxime groups is 1. The van der Waals surface area contributed by atoms with Crippen LogP contribution in [-0.4, -0.2) is 35.7 Å². The molecule has 9 nitrogen and oxygen atoms in total. The number of carbonyl (C=O) groups excluding carboxylic acids is 2. The quantitative estimate of drug-likeness (QED) is 0.412. The minimum absolute atomic E-state index is 0.0982. The van der Waals surface area contributed by atoms with Crippen LogP contribution in [-0.2, 0) is 25.8 Å². The topological polar surface area (TPSA) is 111 Å². The summed E-state index contributed by atoms with van der Waals surface area (Å²) in [4.78, 5) is 41.6. The number of nitrogens with zero attached hydrogens (tertiary/aromatic N) is 3. The fraction of sp³-hybridized carbons (Fsp3) is 0.211. The average Bonchev–Trinajstić information content (AvgIpc) is 2.94. The first-order valence-electron chi connectivity index (χ1n) is 8.51. The van der Waals surface area contributed by atoms with Gasteiger partial charge in [-0.15, -0.1) is 0 Å². The highest BCUT2D eigenvalue weighted by Crippen LogP contribution is 2.32. The van der Waals surface area contributed by atoms with Gasteiger partial charge >= 0.3 is 5.97 Å². The fourth-order valence-corrected chi connectivity index (χ4v) is 2.74. The first-order valence-corrected chi connectivity index (χ1v) is 8.51. The largest absolute Gasteiger partial charge is 0.465 e. The van der Waals surface area contributed by atoms with Gasteiger partial charge in [0.1, 0.15) is 13.2 Å². The molecule has 1 amide bonds. The van der Waals surface area contributed by atoms with E-state index in [2.05, 4.69) is 5.16 Å². The van der Waals surface area contributed by atoms with Crippen LogP contribution in [0, 0.1) is 10.1 Å². The number of non-ortho nitro benzene ring substituents is 1. The van der Waals surface area contributed by atoms with Crippen LogP contribution in [0.2, 0.25) is 0 Å². The fourth-order valence-electron chi connectivity index (χ4n) is 2.74. The van der Waals surface area contributed by atoms with E-state index >= 15 is 0 Å². The summed E-state index contributed by atoms with van der Waals surface area (Å²) in [5.41, 5.74) is 1.13. The molecular formula is C19H17N3O6. The minimum atomic E-state index is -0.591. The van der Waals surface area contributed by atoms with Gasteiger partial charge in [0.2, 0.25) is 0 Å². The van der Waals surface area contributed by atoms with Gasteiger partial charge in [0.15, 0.2) is 5.71 Å². The zero-order valence-corrected chi connectivity index (χ0v) is 15.0. The molecule has 0 saturated heterocycles. The average molecular weight is 383 g/mol.